The first kappa shape index (κ1) is 15.2. The van der Waals surface area contributed by atoms with Crippen molar-refractivity contribution >= 4 is 17.7 Å². The molecule has 0 bridgehead atoms. The van der Waals surface area contributed by atoms with Gasteiger partial charge in [0.05, 0.1) is 17.8 Å². The Labute approximate surface area is 139 Å². The molecule has 3 heterocycles. The number of hydrogen-bond donors (Lipinski definition) is 1. The third kappa shape index (κ3) is 2.92. The van der Waals surface area contributed by atoms with E-state index in [0.717, 1.165) is 60.9 Å². The van der Waals surface area contributed by atoms with Gasteiger partial charge in [-0.1, -0.05) is 11.8 Å². The Kier molecular flexibility index (Phi) is 4.15. The maximum Gasteiger partial charge on any atom is 0.257 e. The zero-order chi connectivity index (χ0) is 15.8. The van der Waals surface area contributed by atoms with Gasteiger partial charge in [-0.25, -0.2) is 4.98 Å². The minimum Gasteiger partial charge on any atom is -0.376 e. The van der Waals surface area contributed by atoms with Gasteiger partial charge in [-0.3, -0.25) is 14.2 Å². The number of fused-ring (bicyclic) bond motifs is 2. The van der Waals surface area contributed by atoms with Crippen LogP contribution in [0.2, 0.25) is 0 Å². The van der Waals surface area contributed by atoms with Gasteiger partial charge in [0.15, 0.2) is 5.16 Å². The van der Waals surface area contributed by atoms with Crippen LogP contribution in [0.5, 0.6) is 0 Å². The standard InChI is InChI=1S/C16H21N3O3S/c20-14(17-8-11-3-2-6-22-11)7-10-9-23-16-18-13-5-1-4-12(13)15(21)19(10)16/h10-11H,1-9H2,(H,17,20). The van der Waals surface area contributed by atoms with E-state index in [1.807, 2.05) is 0 Å². The van der Waals surface area contributed by atoms with Crippen LogP contribution >= 0.6 is 11.8 Å². The van der Waals surface area contributed by atoms with Gasteiger partial charge >= 0.3 is 0 Å². The molecular weight excluding hydrogens is 314 g/mol. The Hall–Kier alpha value is -1.34. The van der Waals surface area contributed by atoms with Crippen LogP contribution in [0.15, 0.2) is 9.95 Å². The van der Waals surface area contributed by atoms with Crippen molar-refractivity contribution in [2.24, 2.45) is 0 Å². The normalized spacial score (nSPS) is 25.4. The van der Waals surface area contributed by atoms with Crippen LogP contribution in [-0.2, 0) is 22.4 Å². The first-order chi connectivity index (χ1) is 11.2. The number of nitrogens with one attached hydrogen (secondary N) is 1. The lowest BCUT2D eigenvalue weighted by atomic mass is 10.2. The lowest BCUT2D eigenvalue weighted by Crippen LogP contribution is -2.35. The summed E-state index contributed by atoms with van der Waals surface area (Å²) in [6, 6.07) is -0.0783. The van der Waals surface area contributed by atoms with Crippen molar-refractivity contribution in [2.45, 2.75) is 55.8 Å². The van der Waals surface area contributed by atoms with Crippen molar-refractivity contribution in [3.05, 3.63) is 21.6 Å². The molecule has 23 heavy (non-hydrogen) atoms. The van der Waals surface area contributed by atoms with Crippen LogP contribution in [0.3, 0.4) is 0 Å². The monoisotopic (exact) mass is 335 g/mol. The summed E-state index contributed by atoms with van der Waals surface area (Å²) in [5.41, 5.74) is 1.91. The Bertz CT molecular complexity index is 682. The summed E-state index contributed by atoms with van der Waals surface area (Å²) in [6.45, 7) is 1.36. The summed E-state index contributed by atoms with van der Waals surface area (Å²) in [7, 11) is 0. The molecule has 0 saturated carbocycles. The van der Waals surface area contributed by atoms with E-state index in [1.54, 1.807) is 16.3 Å². The third-order valence-corrected chi connectivity index (χ3v) is 5.94. The molecule has 0 spiro atoms. The second kappa shape index (κ2) is 6.28. The van der Waals surface area contributed by atoms with Gasteiger partial charge in [0.25, 0.3) is 5.56 Å². The maximum atomic E-state index is 12.7. The van der Waals surface area contributed by atoms with Crippen molar-refractivity contribution in [3.8, 4) is 0 Å². The Morgan fingerprint density at radius 3 is 3.13 bits per heavy atom. The van der Waals surface area contributed by atoms with Gasteiger partial charge in [0.2, 0.25) is 5.91 Å². The molecule has 2 atom stereocenters. The summed E-state index contributed by atoms with van der Waals surface area (Å²) in [5, 5.41) is 3.73. The largest absolute Gasteiger partial charge is 0.376 e. The van der Waals surface area contributed by atoms with Crippen LogP contribution < -0.4 is 10.9 Å². The van der Waals surface area contributed by atoms with E-state index in [2.05, 4.69) is 10.3 Å². The number of carbonyl (C=O) groups is 1. The minimum absolute atomic E-state index is 0.00801. The van der Waals surface area contributed by atoms with E-state index in [9.17, 15) is 9.59 Å². The molecule has 1 N–H and O–H groups in total. The number of carbonyl (C=O) groups excluding carboxylic acids is 1. The van der Waals surface area contributed by atoms with E-state index < -0.39 is 0 Å². The molecule has 1 aromatic heterocycles. The van der Waals surface area contributed by atoms with Crippen LogP contribution in [0, 0.1) is 0 Å². The van der Waals surface area contributed by atoms with Gasteiger partial charge in [0.1, 0.15) is 0 Å². The molecular formula is C16H21N3O3S. The maximum absolute atomic E-state index is 12.7. The average molecular weight is 335 g/mol. The first-order valence-corrected chi connectivity index (χ1v) is 9.36. The van der Waals surface area contributed by atoms with Crippen molar-refractivity contribution in [3.63, 3.8) is 0 Å². The highest BCUT2D eigenvalue weighted by molar-refractivity contribution is 7.99. The summed E-state index contributed by atoms with van der Waals surface area (Å²) in [6.07, 6.45) is 5.31. The number of ether oxygens (including phenoxy) is 1. The van der Waals surface area contributed by atoms with E-state index in [0.29, 0.717) is 13.0 Å². The van der Waals surface area contributed by atoms with E-state index >= 15 is 0 Å². The molecule has 1 aliphatic carbocycles. The zero-order valence-corrected chi connectivity index (χ0v) is 13.9. The average Bonchev–Trinajstić information content (AvgIpc) is 3.26. The summed E-state index contributed by atoms with van der Waals surface area (Å²) < 4.78 is 7.27. The third-order valence-electron chi connectivity index (χ3n) is 4.84. The molecule has 6 nitrogen and oxygen atoms in total. The Morgan fingerprint density at radius 1 is 1.39 bits per heavy atom. The summed E-state index contributed by atoms with van der Waals surface area (Å²) in [4.78, 5) is 29.5. The SMILES string of the molecule is O=C(CC1CSc2nc3c(c(=O)n21)CCC3)NCC1CCCO1. The fourth-order valence-electron chi connectivity index (χ4n) is 3.62. The second-order valence-electron chi connectivity index (χ2n) is 6.46. The highest BCUT2D eigenvalue weighted by atomic mass is 32.2. The first-order valence-electron chi connectivity index (χ1n) is 8.38. The molecule has 2 aliphatic heterocycles. The molecule has 1 amide bonds. The predicted molar refractivity (Wildman–Crippen MR) is 86.9 cm³/mol. The number of nitrogens with zero attached hydrogens (tertiary/aromatic N) is 2. The predicted octanol–water partition coefficient (Wildman–Crippen LogP) is 1.06. The fourth-order valence-corrected chi connectivity index (χ4v) is 4.78. The molecule has 0 radical (unpaired) electrons. The van der Waals surface area contributed by atoms with Gasteiger partial charge in [-0.2, -0.15) is 0 Å². The molecule has 1 saturated heterocycles. The van der Waals surface area contributed by atoms with Gasteiger partial charge in [-0.15, -0.1) is 0 Å². The highest BCUT2D eigenvalue weighted by Crippen LogP contribution is 2.33. The number of aryl methyl sites for hydroxylation is 1. The molecule has 124 valence electrons. The highest BCUT2D eigenvalue weighted by Gasteiger charge is 2.31. The molecule has 7 heteroatoms. The Morgan fingerprint density at radius 2 is 2.30 bits per heavy atom. The second-order valence-corrected chi connectivity index (χ2v) is 7.44. The molecule has 4 rings (SSSR count). The Balaban J connectivity index is 1.44. The molecule has 1 fully saturated rings. The van der Waals surface area contributed by atoms with Crippen LogP contribution in [0.4, 0.5) is 0 Å². The number of amides is 1. The fraction of sp³-hybridized carbons (Fsp3) is 0.688. The van der Waals surface area contributed by atoms with Crippen molar-refractivity contribution in [2.75, 3.05) is 18.9 Å². The molecule has 0 aromatic carbocycles. The van der Waals surface area contributed by atoms with Crippen LogP contribution in [-0.4, -0.2) is 40.5 Å². The summed E-state index contributed by atoms with van der Waals surface area (Å²) >= 11 is 1.59. The molecule has 1 aromatic rings. The van der Waals surface area contributed by atoms with Crippen molar-refractivity contribution < 1.29 is 9.53 Å². The van der Waals surface area contributed by atoms with Gasteiger partial charge in [0, 0.05) is 30.9 Å². The number of thioether (sulfide) groups is 1. The van der Waals surface area contributed by atoms with Crippen LogP contribution in [0.25, 0.3) is 0 Å². The van der Waals surface area contributed by atoms with Gasteiger partial charge < -0.3 is 10.1 Å². The topological polar surface area (TPSA) is 73.2 Å². The van der Waals surface area contributed by atoms with Crippen molar-refractivity contribution in [1.29, 1.82) is 0 Å². The van der Waals surface area contributed by atoms with Crippen LogP contribution in [0.1, 0.15) is 43.0 Å². The number of rotatable bonds is 4. The zero-order valence-electron chi connectivity index (χ0n) is 13.0. The minimum atomic E-state index is -0.0783. The lowest BCUT2D eigenvalue weighted by Gasteiger charge is -2.15. The number of hydrogen-bond acceptors (Lipinski definition) is 5. The lowest BCUT2D eigenvalue weighted by molar-refractivity contribution is -0.122. The van der Waals surface area contributed by atoms with E-state index in [1.165, 1.54) is 0 Å². The summed E-state index contributed by atoms with van der Waals surface area (Å²) in [5.74, 6) is 0.740. The number of aromatic nitrogens is 2. The molecule has 2 unspecified atom stereocenters. The van der Waals surface area contributed by atoms with Gasteiger partial charge in [-0.05, 0) is 32.1 Å². The molecule has 3 aliphatic rings. The van der Waals surface area contributed by atoms with E-state index in [4.69, 9.17) is 4.74 Å². The smallest absolute Gasteiger partial charge is 0.257 e. The quantitative estimate of drug-likeness (QED) is 0.833. The van der Waals surface area contributed by atoms with Crippen molar-refractivity contribution in [1.82, 2.24) is 14.9 Å². The van der Waals surface area contributed by atoms with E-state index in [-0.39, 0.29) is 23.6 Å².